The molecule has 1 aromatic carbocycles. The largest absolute Gasteiger partial charge is 0.379 e. The highest BCUT2D eigenvalue weighted by molar-refractivity contribution is 14.0. The molecule has 1 unspecified atom stereocenters. The van der Waals surface area contributed by atoms with Crippen molar-refractivity contribution in [2.45, 2.75) is 26.8 Å². The second kappa shape index (κ2) is 11.6. The van der Waals surface area contributed by atoms with Crippen LogP contribution in [0.5, 0.6) is 0 Å². The molecule has 1 atom stereocenters. The number of guanidine groups is 1. The minimum Gasteiger partial charge on any atom is -0.379 e. The van der Waals surface area contributed by atoms with Crippen molar-refractivity contribution >= 4 is 29.9 Å². The van der Waals surface area contributed by atoms with E-state index >= 15 is 0 Å². The molecule has 0 spiro atoms. The van der Waals surface area contributed by atoms with Gasteiger partial charge in [0.2, 0.25) is 0 Å². The lowest BCUT2D eigenvalue weighted by molar-refractivity contribution is 0.0394. The van der Waals surface area contributed by atoms with Gasteiger partial charge in [-0.3, -0.25) is 9.89 Å². The molecule has 1 aliphatic rings. The molecule has 1 aliphatic heterocycles. The Labute approximate surface area is 167 Å². The van der Waals surface area contributed by atoms with E-state index in [2.05, 4.69) is 20.5 Å². The van der Waals surface area contributed by atoms with Crippen LogP contribution in [-0.4, -0.2) is 56.8 Å². The van der Waals surface area contributed by atoms with Crippen LogP contribution in [0.3, 0.4) is 0 Å². The molecule has 25 heavy (non-hydrogen) atoms. The summed E-state index contributed by atoms with van der Waals surface area (Å²) in [7, 11) is 0. The molecule has 1 aromatic rings. The van der Waals surface area contributed by atoms with Gasteiger partial charge in [0, 0.05) is 26.2 Å². The molecule has 0 radical (unpaired) electrons. The molecule has 7 heteroatoms. The molecule has 142 valence electrons. The molecule has 0 bridgehead atoms. The molecule has 1 heterocycles. The number of aliphatic imine (C=N–C) groups is 1. The van der Waals surface area contributed by atoms with Crippen LogP contribution in [0.15, 0.2) is 23.2 Å². The first-order chi connectivity index (χ1) is 11.6. The van der Waals surface area contributed by atoms with Crippen LogP contribution in [-0.2, 0) is 4.74 Å². The van der Waals surface area contributed by atoms with Gasteiger partial charge in [-0.25, -0.2) is 4.39 Å². The Kier molecular flexibility index (Phi) is 10.3. The second-order valence-corrected chi connectivity index (χ2v) is 6.09. The normalized spacial score (nSPS) is 16.9. The lowest BCUT2D eigenvalue weighted by Gasteiger charge is -2.26. The number of halogens is 2. The highest BCUT2D eigenvalue weighted by Gasteiger charge is 2.11. The third-order valence-electron chi connectivity index (χ3n) is 4.18. The monoisotopic (exact) mass is 464 g/mol. The van der Waals surface area contributed by atoms with Crippen molar-refractivity contribution in [1.82, 2.24) is 15.5 Å². The predicted octanol–water partition coefficient (Wildman–Crippen LogP) is 2.70. The molecular weight excluding hydrogens is 434 g/mol. The lowest BCUT2D eigenvalue weighted by atomic mass is 10.1. The summed E-state index contributed by atoms with van der Waals surface area (Å²) >= 11 is 0. The maximum Gasteiger partial charge on any atom is 0.191 e. The summed E-state index contributed by atoms with van der Waals surface area (Å²) in [5.41, 5.74) is 1.58. The summed E-state index contributed by atoms with van der Waals surface area (Å²) in [6.07, 6.45) is 0. The zero-order chi connectivity index (χ0) is 17.4. The van der Waals surface area contributed by atoms with Crippen molar-refractivity contribution in [3.05, 3.63) is 35.1 Å². The van der Waals surface area contributed by atoms with Crippen molar-refractivity contribution in [3.63, 3.8) is 0 Å². The third kappa shape index (κ3) is 7.45. The number of rotatable bonds is 6. The van der Waals surface area contributed by atoms with Crippen LogP contribution in [0, 0.1) is 12.7 Å². The average molecular weight is 464 g/mol. The molecule has 0 aromatic heterocycles. The van der Waals surface area contributed by atoms with E-state index in [1.165, 1.54) is 0 Å². The average Bonchev–Trinajstić information content (AvgIpc) is 2.58. The minimum absolute atomic E-state index is 0. The molecule has 5 nitrogen and oxygen atoms in total. The van der Waals surface area contributed by atoms with E-state index < -0.39 is 0 Å². The second-order valence-electron chi connectivity index (χ2n) is 6.09. The summed E-state index contributed by atoms with van der Waals surface area (Å²) in [5.74, 6) is 0.592. The van der Waals surface area contributed by atoms with E-state index in [9.17, 15) is 4.39 Å². The Balaban J connectivity index is 0.00000312. The number of hydrogen-bond donors (Lipinski definition) is 2. The zero-order valence-electron chi connectivity index (χ0n) is 15.3. The number of hydrogen-bond acceptors (Lipinski definition) is 3. The number of morpholine rings is 1. The first-order valence-electron chi connectivity index (χ1n) is 8.71. The fourth-order valence-corrected chi connectivity index (χ4v) is 2.61. The molecule has 1 saturated heterocycles. The van der Waals surface area contributed by atoms with Crippen LogP contribution in [0.1, 0.15) is 31.0 Å². The Morgan fingerprint density at radius 3 is 2.72 bits per heavy atom. The number of aryl methyl sites for hydroxylation is 1. The van der Waals surface area contributed by atoms with Gasteiger partial charge in [-0.05, 0) is 38.0 Å². The topological polar surface area (TPSA) is 48.9 Å². The van der Waals surface area contributed by atoms with Crippen LogP contribution in [0.2, 0.25) is 0 Å². The number of nitrogens with zero attached hydrogens (tertiary/aromatic N) is 2. The fraction of sp³-hybridized carbons (Fsp3) is 0.611. The molecule has 2 rings (SSSR count). The first-order valence-corrected chi connectivity index (χ1v) is 8.71. The van der Waals surface area contributed by atoms with Crippen molar-refractivity contribution in [2.75, 3.05) is 45.9 Å². The van der Waals surface area contributed by atoms with E-state index in [1.807, 2.05) is 26.0 Å². The van der Waals surface area contributed by atoms with Gasteiger partial charge in [0.25, 0.3) is 0 Å². The van der Waals surface area contributed by atoms with Crippen molar-refractivity contribution in [2.24, 2.45) is 4.99 Å². The summed E-state index contributed by atoms with van der Waals surface area (Å²) in [6.45, 7) is 11.8. The molecule has 1 fully saturated rings. The quantitative estimate of drug-likeness (QED) is 0.386. The molecule has 0 aliphatic carbocycles. The summed E-state index contributed by atoms with van der Waals surface area (Å²) in [4.78, 5) is 6.99. The van der Waals surface area contributed by atoms with Gasteiger partial charge in [-0.2, -0.15) is 0 Å². The van der Waals surface area contributed by atoms with Crippen molar-refractivity contribution in [1.29, 1.82) is 0 Å². The van der Waals surface area contributed by atoms with Crippen molar-refractivity contribution in [3.8, 4) is 0 Å². The van der Waals surface area contributed by atoms with Gasteiger partial charge >= 0.3 is 0 Å². The number of nitrogens with one attached hydrogen (secondary N) is 2. The fourth-order valence-electron chi connectivity index (χ4n) is 2.61. The van der Waals surface area contributed by atoms with Gasteiger partial charge in [0.15, 0.2) is 5.96 Å². The highest BCUT2D eigenvalue weighted by atomic mass is 127. The van der Waals surface area contributed by atoms with Crippen LogP contribution >= 0.6 is 24.0 Å². The van der Waals surface area contributed by atoms with Gasteiger partial charge in [0.1, 0.15) is 5.82 Å². The summed E-state index contributed by atoms with van der Waals surface area (Å²) < 4.78 is 19.1. The van der Waals surface area contributed by atoms with E-state index in [0.29, 0.717) is 5.56 Å². The lowest BCUT2D eigenvalue weighted by Crippen LogP contribution is -2.40. The Bertz CT molecular complexity index is 550. The minimum atomic E-state index is -0.171. The maximum atomic E-state index is 13.7. The van der Waals surface area contributed by atoms with Gasteiger partial charge in [-0.1, -0.05) is 12.1 Å². The van der Waals surface area contributed by atoms with E-state index in [1.54, 1.807) is 13.0 Å². The predicted molar refractivity (Wildman–Crippen MR) is 111 cm³/mol. The van der Waals surface area contributed by atoms with Crippen molar-refractivity contribution < 1.29 is 9.13 Å². The molecule has 2 N–H and O–H groups in total. The standard InChI is InChI=1S/C18H29FN4O.HI/c1-4-20-18(21-7-8-23-9-11-24-12-10-23)22-15(3)16-6-5-14(2)17(19)13-16;/h5-6,13,15H,4,7-12H2,1-3H3,(H2,20,21,22);1H. The van der Waals surface area contributed by atoms with Gasteiger partial charge in [-0.15, -0.1) is 24.0 Å². The van der Waals surface area contributed by atoms with E-state index in [4.69, 9.17) is 4.74 Å². The Morgan fingerprint density at radius 1 is 1.36 bits per heavy atom. The van der Waals surface area contributed by atoms with Gasteiger partial charge in [0.05, 0.1) is 25.8 Å². The first kappa shape index (κ1) is 22.1. The third-order valence-corrected chi connectivity index (χ3v) is 4.18. The van der Waals surface area contributed by atoms with Crippen LogP contribution in [0.4, 0.5) is 4.39 Å². The van der Waals surface area contributed by atoms with Gasteiger partial charge < -0.3 is 15.4 Å². The molecule has 0 saturated carbocycles. The molecular formula is C18H30FIN4O. The Morgan fingerprint density at radius 2 is 2.08 bits per heavy atom. The van der Waals surface area contributed by atoms with E-state index in [0.717, 1.165) is 57.5 Å². The van der Waals surface area contributed by atoms with Crippen LogP contribution in [0.25, 0.3) is 0 Å². The summed E-state index contributed by atoms with van der Waals surface area (Å²) in [6, 6.07) is 5.34. The zero-order valence-corrected chi connectivity index (χ0v) is 17.7. The maximum absolute atomic E-state index is 13.7. The highest BCUT2D eigenvalue weighted by Crippen LogP contribution is 2.16. The SMILES string of the molecule is CCNC(=NCCN1CCOCC1)NC(C)c1ccc(C)c(F)c1.I. The number of ether oxygens (including phenoxy) is 1. The molecule has 0 amide bonds. The van der Waals surface area contributed by atoms with E-state index in [-0.39, 0.29) is 35.8 Å². The number of benzene rings is 1. The summed E-state index contributed by atoms with van der Waals surface area (Å²) in [5, 5.41) is 6.60. The Hall–Kier alpha value is -0.930. The smallest absolute Gasteiger partial charge is 0.191 e. The van der Waals surface area contributed by atoms with Crippen LogP contribution < -0.4 is 10.6 Å².